The topological polar surface area (TPSA) is 96.0 Å². The summed E-state index contributed by atoms with van der Waals surface area (Å²) in [5, 5.41) is 2.79. The molecule has 0 unspecified atom stereocenters. The van der Waals surface area contributed by atoms with Gasteiger partial charge in [0.25, 0.3) is 0 Å². The van der Waals surface area contributed by atoms with Crippen LogP contribution in [0.3, 0.4) is 0 Å². The van der Waals surface area contributed by atoms with Gasteiger partial charge in [-0.15, -0.1) is 0 Å². The Kier molecular flexibility index (Phi) is 6.84. The summed E-state index contributed by atoms with van der Waals surface area (Å²) < 4.78 is 31.5. The molecule has 3 rings (SSSR count). The van der Waals surface area contributed by atoms with E-state index in [0.29, 0.717) is 30.1 Å². The molecule has 1 N–H and O–H groups in total. The lowest BCUT2D eigenvalue weighted by molar-refractivity contribution is -0.118. The van der Waals surface area contributed by atoms with Gasteiger partial charge in [-0.1, -0.05) is 13.0 Å². The number of carbonyl (C=O) groups excluding carboxylic acids is 2. The van der Waals surface area contributed by atoms with Gasteiger partial charge in [0.2, 0.25) is 21.8 Å². The summed E-state index contributed by atoms with van der Waals surface area (Å²) in [7, 11) is -2.25. The van der Waals surface area contributed by atoms with Crippen molar-refractivity contribution in [3.05, 3.63) is 48.5 Å². The number of nitrogens with one attached hydrogen (secondary N) is 1. The summed E-state index contributed by atoms with van der Waals surface area (Å²) in [6.45, 7) is 2.44. The number of rotatable bonds is 8. The van der Waals surface area contributed by atoms with Gasteiger partial charge in [-0.25, -0.2) is 8.42 Å². The van der Waals surface area contributed by atoms with Gasteiger partial charge in [-0.05, 0) is 49.2 Å². The van der Waals surface area contributed by atoms with Crippen LogP contribution < -0.4 is 19.3 Å². The van der Waals surface area contributed by atoms with Crippen molar-refractivity contribution in [1.29, 1.82) is 0 Å². The Balaban J connectivity index is 1.82. The van der Waals surface area contributed by atoms with E-state index in [1.807, 2.05) is 0 Å². The van der Waals surface area contributed by atoms with E-state index in [1.54, 1.807) is 60.4 Å². The quantitative estimate of drug-likeness (QED) is 0.674. The Labute approximate surface area is 182 Å². The van der Waals surface area contributed by atoms with Crippen LogP contribution in [0, 0.1) is 0 Å². The van der Waals surface area contributed by atoms with E-state index >= 15 is 0 Å². The minimum absolute atomic E-state index is 0.0879. The molecule has 31 heavy (non-hydrogen) atoms. The molecule has 2 amide bonds. The summed E-state index contributed by atoms with van der Waals surface area (Å²) in [5.41, 5.74) is 1.66. The van der Waals surface area contributed by atoms with Crippen LogP contribution in [-0.2, 0) is 19.6 Å². The number of sulfonamides is 1. The summed E-state index contributed by atoms with van der Waals surface area (Å²) in [6.07, 6.45) is 2.73. The van der Waals surface area contributed by atoms with Crippen LogP contribution in [0.5, 0.6) is 5.75 Å². The highest BCUT2D eigenvalue weighted by Crippen LogP contribution is 2.27. The number of nitrogens with zero attached hydrogens (tertiary/aromatic N) is 2. The third-order valence-electron chi connectivity index (χ3n) is 5.16. The average Bonchev–Trinajstić information content (AvgIpc) is 3.17. The second kappa shape index (κ2) is 9.38. The fraction of sp³-hybridized carbons (Fsp3) is 0.364. The number of hydrogen-bond acceptors (Lipinski definition) is 5. The number of carbonyl (C=O) groups is 2. The number of amides is 2. The van der Waals surface area contributed by atoms with Crippen molar-refractivity contribution in [2.75, 3.05) is 34.4 Å². The van der Waals surface area contributed by atoms with Gasteiger partial charge >= 0.3 is 0 Å². The van der Waals surface area contributed by atoms with E-state index < -0.39 is 22.0 Å². The maximum absolute atomic E-state index is 13.0. The van der Waals surface area contributed by atoms with Gasteiger partial charge in [-0.3, -0.25) is 13.9 Å². The predicted molar refractivity (Wildman–Crippen MR) is 121 cm³/mol. The maximum atomic E-state index is 13.0. The van der Waals surface area contributed by atoms with Crippen molar-refractivity contribution >= 4 is 38.9 Å². The number of hydrogen-bond donors (Lipinski definition) is 1. The first kappa shape index (κ1) is 22.6. The van der Waals surface area contributed by atoms with Crippen molar-refractivity contribution < 1.29 is 22.7 Å². The zero-order valence-electron chi connectivity index (χ0n) is 17.9. The number of methoxy groups -OCH3 is 1. The third-order valence-corrected chi connectivity index (χ3v) is 6.34. The first-order chi connectivity index (χ1) is 14.7. The van der Waals surface area contributed by atoms with E-state index in [0.717, 1.165) is 22.7 Å². The lowest BCUT2D eigenvalue weighted by Gasteiger charge is -2.30. The average molecular weight is 446 g/mol. The molecule has 0 aromatic heterocycles. The Morgan fingerprint density at radius 2 is 1.94 bits per heavy atom. The molecule has 9 heteroatoms. The molecule has 0 bridgehead atoms. The fourth-order valence-corrected chi connectivity index (χ4v) is 4.88. The minimum atomic E-state index is -3.74. The smallest absolute Gasteiger partial charge is 0.248 e. The Morgan fingerprint density at radius 1 is 1.23 bits per heavy atom. The second-order valence-corrected chi connectivity index (χ2v) is 9.23. The molecular formula is C22H27N3O5S. The maximum Gasteiger partial charge on any atom is 0.248 e. The van der Waals surface area contributed by atoms with Gasteiger partial charge in [0.05, 0.1) is 19.1 Å². The Bertz CT molecular complexity index is 1050. The van der Waals surface area contributed by atoms with Crippen LogP contribution in [-0.4, -0.2) is 46.2 Å². The molecule has 0 radical (unpaired) electrons. The van der Waals surface area contributed by atoms with E-state index in [9.17, 15) is 18.0 Å². The van der Waals surface area contributed by atoms with Crippen LogP contribution in [0.25, 0.3) is 0 Å². The van der Waals surface area contributed by atoms with Crippen molar-refractivity contribution in [2.24, 2.45) is 0 Å². The summed E-state index contributed by atoms with van der Waals surface area (Å²) in [4.78, 5) is 26.7. The highest BCUT2D eigenvalue weighted by Gasteiger charge is 2.32. The van der Waals surface area contributed by atoms with Crippen LogP contribution in [0.15, 0.2) is 48.5 Å². The van der Waals surface area contributed by atoms with Crippen molar-refractivity contribution in [3.8, 4) is 5.75 Å². The molecule has 1 atom stereocenters. The van der Waals surface area contributed by atoms with Gasteiger partial charge in [0.1, 0.15) is 11.8 Å². The van der Waals surface area contributed by atoms with E-state index in [-0.39, 0.29) is 12.3 Å². The van der Waals surface area contributed by atoms with Gasteiger partial charge in [0, 0.05) is 30.4 Å². The van der Waals surface area contributed by atoms with Crippen LogP contribution in [0.4, 0.5) is 17.1 Å². The monoisotopic (exact) mass is 445 g/mol. The highest BCUT2D eigenvalue weighted by atomic mass is 32.2. The van der Waals surface area contributed by atoms with E-state index in [4.69, 9.17) is 4.74 Å². The molecule has 1 heterocycles. The molecule has 1 aliphatic heterocycles. The molecule has 166 valence electrons. The van der Waals surface area contributed by atoms with E-state index in [2.05, 4.69) is 5.32 Å². The van der Waals surface area contributed by atoms with Crippen LogP contribution >= 0.6 is 0 Å². The SMILES string of the molecule is CC[C@@H](C(=O)Nc1ccc(N2CCCC2=O)cc1)N(c1cccc(OC)c1)S(C)(=O)=O. The molecule has 0 spiro atoms. The molecular weight excluding hydrogens is 418 g/mol. The predicted octanol–water partition coefficient (Wildman–Crippen LogP) is 3.01. The summed E-state index contributed by atoms with van der Waals surface area (Å²) in [5.74, 6) is 0.138. The third kappa shape index (κ3) is 5.16. The van der Waals surface area contributed by atoms with E-state index in [1.165, 1.54) is 7.11 Å². The molecule has 1 saturated heterocycles. The second-order valence-electron chi connectivity index (χ2n) is 7.37. The molecule has 2 aromatic carbocycles. The van der Waals surface area contributed by atoms with Gasteiger partial charge in [0.15, 0.2) is 0 Å². The Hall–Kier alpha value is -3.07. The highest BCUT2D eigenvalue weighted by molar-refractivity contribution is 7.92. The fourth-order valence-electron chi connectivity index (χ4n) is 3.68. The molecule has 0 saturated carbocycles. The molecule has 1 fully saturated rings. The number of benzene rings is 2. The molecule has 0 aliphatic carbocycles. The zero-order chi connectivity index (χ0) is 22.6. The lowest BCUT2D eigenvalue weighted by atomic mass is 10.1. The molecule has 1 aliphatic rings. The normalized spacial score (nSPS) is 14.9. The number of anilines is 3. The lowest BCUT2D eigenvalue weighted by Crippen LogP contribution is -2.47. The van der Waals surface area contributed by atoms with Gasteiger partial charge in [-0.2, -0.15) is 0 Å². The van der Waals surface area contributed by atoms with Gasteiger partial charge < -0.3 is 15.0 Å². The standard InChI is InChI=1S/C22H27N3O5S/c1-4-20(25(31(3,28)29)18-7-5-8-19(15-18)30-2)22(27)23-16-10-12-17(13-11-16)24-14-6-9-21(24)26/h5,7-8,10-13,15,20H,4,6,9,14H2,1-3H3,(H,23,27)/t20-/m0/s1. The minimum Gasteiger partial charge on any atom is -0.497 e. The first-order valence-corrected chi connectivity index (χ1v) is 11.9. The first-order valence-electron chi connectivity index (χ1n) is 10.1. The Morgan fingerprint density at radius 3 is 2.48 bits per heavy atom. The van der Waals surface area contributed by atoms with Crippen LogP contribution in [0.1, 0.15) is 26.2 Å². The van der Waals surface area contributed by atoms with Crippen molar-refractivity contribution in [2.45, 2.75) is 32.2 Å². The largest absolute Gasteiger partial charge is 0.497 e. The van der Waals surface area contributed by atoms with Crippen molar-refractivity contribution in [1.82, 2.24) is 0 Å². The zero-order valence-corrected chi connectivity index (χ0v) is 18.7. The molecule has 8 nitrogen and oxygen atoms in total. The summed E-state index contributed by atoms with van der Waals surface area (Å²) >= 11 is 0. The van der Waals surface area contributed by atoms with Crippen molar-refractivity contribution in [3.63, 3.8) is 0 Å². The summed E-state index contributed by atoms with van der Waals surface area (Å²) in [6, 6.07) is 12.6. The molecule has 2 aromatic rings. The number of ether oxygens (including phenoxy) is 1. The van der Waals surface area contributed by atoms with Crippen LogP contribution in [0.2, 0.25) is 0 Å².